The van der Waals surface area contributed by atoms with Gasteiger partial charge in [-0.25, -0.2) is 0 Å². The Kier molecular flexibility index (Phi) is 6.73. The number of nitrogens with one attached hydrogen (secondary N) is 2. The molecule has 158 valence electrons. The highest BCUT2D eigenvalue weighted by Gasteiger charge is 2.21. The Balaban J connectivity index is 1.88. The molecule has 4 N–H and O–H groups in total. The number of carbonyl (C=O) groups is 2. The van der Waals surface area contributed by atoms with E-state index in [4.69, 9.17) is 5.73 Å². The van der Waals surface area contributed by atoms with Gasteiger partial charge in [-0.2, -0.15) is 0 Å². The van der Waals surface area contributed by atoms with E-state index < -0.39 is 10.8 Å². The zero-order chi connectivity index (χ0) is 21.7. The Morgan fingerprint density at radius 1 is 1.27 bits per heavy atom. The maximum atomic E-state index is 12.0. The first-order valence-electron chi connectivity index (χ1n) is 9.95. The zero-order valence-electron chi connectivity index (χ0n) is 16.8. The summed E-state index contributed by atoms with van der Waals surface area (Å²) in [6.07, 6.45) is 3.80. The Morgan fingerprint density at radius 2 is 2.00 bits per heavy atom. The van der Waals surface area contributed by atoms with Gasteiger partial charge in [0.05, 0.1) is 21.7 Å². The van der Waals surface area contributed by atoms with Crippen molar-refractivity contribution in [1.82, 2.24) is 10.3 Å². The fourth-order valence-corrected chi connectivity index (χ4v) is 3.57. The van der Waals surface area contributed by atoms with Crippen LogP contribution < -0.4 is 16.4 Å². The molecule has 3 rings (SSSR count). The maximum Gasteiger partial charge on any atom is 0.280 e. The van der Waals surface area contributed by atoms with Gasteiger partial charge < -0.3 is 16.4 Å². The third-order valence-corrected chi connectivity index (χ3v) is 5.19. The highest BCUT2D eigenvalue weighted by molar-refractivity contribution is 6.00. The van der Waals surface area contributed by atoms with Gasteiger partial charge in [-0.05, 0) is 43.6 Å². The number of nitro groups is 1. The van der Waals surface area contributed by atoms with E-state index >= 15 is 0 Å². The van der Waals surface area contributed by atoms with Crippen molar-refractivity contribution >= 4 is 23.1 Å². The number of benzene rings is 1. The normalized spacial score (nSPS) is 14.3. The number of hydrogen-bond acceptors (Lipinski definition) is 7. The largest absolute Gasteiger partial charge is 0.381 e. The van der Waals surface area contributed by atoms with Gasteiger partial charge in [-0.3, -0.25) is 24.7 Å². The molecule has 1 saturated heterocycles. The van der Waals surface area contributed by atoms with E-state index in [1.54, 1.807) is 19.1 Å². The van der Waals surface area contributed by atoms with Crippen molar-refractivity contribution in [2.24, 2.45) is 5.73 Å². The van der Waals surface area contributed by atoms with Gasteiger partial charge in [-0.15, -0.1) is 0 Å². The van der Waals surface area contributed by atoms with Crippen molar-refractivity contribution in [1.29, 1.82) is 0 Å². The molecule has 0 radical (unpaired) electrons. The highest BCUT2D eigenvalue weighted by atomic mass is 16.6. The number of carbonyl (C=O) groups excluding carboxylic acids is 2. The third-order valence-electron chi connectivity index (χ3n) is 5.19. The Labute approximate surface area is 174 Å². The summed E-state index contributed by atoms with van der Waals surface area (Å²) in [6, 6.07) is 6.58. The number of nitrogens with two attached hydrogens (primary N) is 1. The molecule has 30 heavy (non-hydrogen) atoms. The number of nitrogens with zero attached hydrogens (tertiary/aromatic N) is 2. The van der Waals surface area contributed by atoms with Crippen molar-refractivity contribution < 1.29 is 14.5 Å². The highest BCUT2D eigenvalue weighted by Crippen LogP contribution is 2.25. The molecule has 1 aromatic carbocycles. The molecule has 0 bridgehead atoms. The fraction of sp³-hybridized carbons (Fsp3) is 0.381. The monoisotopic (exact) mass is 411 g/mol. The van der Waals surface area contributed by atoms with Crippen LogP contribution in [0.1, 0.15) is 58.2 Å². The molecule has 0 aliphatic carbocycles. The lowest BCUT2D eigenvalue weighted by Crippen LogP contribution is -2.35. The van der Waals surface area contributed by atoms with Crippen LogP contribution in [-0.4, -0.2) is 40.7 Å². The summed E-state index contributed by atoms with van der Waals surface area (Å²) in [5, 5.41) is 18.1. The quantitative estimate of drug-likeness (QED) is 0.344. The van der Waals surface area contributed by atoms with Crippen LogP contribution in [0.4, 0.5) is 11.4 Å². The van der Waals surface area contributed by atoms with Crippen LogP contribution in [0.3, 0.4) is 0 Å². The van der Waals surface area contributed by atoms with Crippen LogP contribution in [0.25, 0.3) is 0 Å². The number of pyridine rings is 1. The Morgan fingerprint density at radius 3 is 2.63 bits per heavy atom. The second-order valence-corrected chi connectivity index (χ2v) is 7.32. The first-order chi connectivity index (χ1) is 14.4. The molecular weight excluding hydrogens is 386 g/mol. The van der Waals surface area contributed by atoms with E-state index in [1.165, 1.54) is 18.3 Å². The van der Waals surface area contributed by atoms with Gasteiger partial charge in [-0.1, -0.05) is 13.0 Å². The molecule has 1 fully saturated rings. The average Bonchev–Trinajstić information content (AvgIpc) is 2.74. The number of ketones is 1. The molecule has 0 saturated carbocycles. The molecule has 1 aromatic heterocycles. The molecule has 2 heterocycles. The van der Waals surface area contributed by atoms with E-state index in [9.17, 15) is 19.7 Å². The predicted molar refractivity (Wildman–Crippen MR) is 113 cm³/mol. The Bertz CT molecular complexity index is 970. The lowest BCUT2D eigenvalue weighted by atomic mass is 10.0. The minimum atomic E-state index is -0.566. The fourth-order valence-electron chi connectivity index (χ4n) is 3.57. The van der Waals surface area contributed by atoms with E-state index in [0.717, 1.165) is 25.9 Å². The van der Waals surface area contributed by atoms with Crippen molar-refractivity contribution in [2.45, 2.75) is 38.6 Å². The van der Waals surface area contributed by atoms with Crippen LogP contribution >= 0.6 is 0 Å². The van der Waals surface area contributed by atoms with Crippen molar-refractivity contribution in [3.8, 4) is 0 Å². The number of aromatic nitrogens is 1. The standard InChI is InChI=1S/C21H25N5O4/c1-2-20(27)16-4-3-13(10-19(16)26(29)30)9-15-11-18(17(12-24-15)21(22)28)25-14-5-7-23-8-6-14/h3-4,10-12,14,23H,2,5-9H2,1H3,(H2,22,28)(H,24,25). The smallest absolute Gasteiger partial charge is 0.280 e. The predicted octanol–water partition coefficient (Wildman–Crippen LogP) is 2.44. The molecular formula is C21H25N5O4. The van der Waals surface area contributed by atoms with Gasteiger partial charge in [0, 0.05) is 36.8 Å². The summed E-state index contributed by atoms with van der Waals surface area (Å²) in [5.74, 6) is -0.839. The molecule has 9 heteroatoms. The van der Waals surface area contributed by atoms with Crippen LogP contribution in [0.5, 0.6) is 0 Å². The summed E-state index contributed by atoms with van der Waals surface area (Å²) in [7, 11) is 0. The molecule has 1 amide bonds. The Hall–Kier alpha value is -3.33. The van der Waals surface area contributed by atoms with E-state index in [2.05, 4.69) is 15.6 Å². The number of piperidine rings is 1. The summed E-state index contributed by atoms with van der Waals surface area (Å²) in [4.78, 5) is 39.0. The van der Waals surface area contributed by atoms with Crippen molar-refractivity contribution in [3.63, 3.8) is 0 Å². The van der Waals surface area contributed by atoms with Gasteiger partial charge in [0.15, 0.2) is 5.78 Å². The van der Waals surface area contributed by atoms with Gasteiger partial charge >= 0.3 is 0 Å². The topological polar surface area (TPSA) is 140 Å². The average molecular weight is 411 g/mol. The first-order valence-corrected chi connectivity index (χ1v) is 9.95. The molecule has 1 aliphatic rings. The zero-order valence-corrected chi connectivity index (χ0v) is 16.8. The van der Waals surface area contributed by atoms with Crippen LogP contribution in [0, 0.1) is 10.1 Å². The van der Waals surface area contributed by atoms with Crippen LogP contribution in [0.2, 0.25) is 0 Å². The maximum absolute atomic E-state index is 12.0. The van der Waals surface area contributed by atoms with E-state index in [1.807, 2.05) is 0 Å². The second-order valence-electron chi connectivity index (χ2n) is 7.32. The van der Waals surface area contributed by atoms with Gasteiger partial charge in [0.2, 0.25) is 0 Å². The van der Waals surface area contributed by atoms with Crippen molar-refractivity contribution in [3.05, 3.63) is 63.0 Å². The number of primary amides is 1. The second kappa shape index (κ2) is 9.45. The minimum absolute atomic E-state index is 0.108. The van der Waals surface area contributed by atoms with E-state index in [-0.39, 0.29) is 29.5 Å². The number of amides is 1. The van der Waals surface area contributed by atoms with Crippen LogP contribution in [0.15, 0.2) is 30.5 Å². The molecule has 0 spiro atoms. The SMILES string of the molecule is CCC(=O)c1ccc(Cc2cc(NC3CCNCC3)c(C(N)=O)cn2)cc1[N+](=O)[O-]. The third kappa shape index (κ3) is 4.98. The molecule has 1 aliphatic heterocycles. The number of hydrogen-bond donors (Lipinski definition) is 3. The van der Waals surface area contributed by atoms with Crippen LogP contribution in [-0.2, 0) is 6.42 Å². The molecule has 0 atom stereocenters. The summed E-state index contributed by atoms with van der Waals surface area (Å²) >= 11 is 0. The van der Waals surface area contributed by atoms with Gasteiger partial charge in [0.1, 0.15) is 0 Å². The summed E-state index contributed by atoms with van der Waals surface area (Å²) in [5.41, 5.74) is 7.62. The van der Waals surface area contributed by atoms with E-state index in [0.29, 0.717) is 28.9 Å². The summed E-state index contributed by atoms with van der Waals surface area (Å²) in [6.45, 7) is 3.46. The van der Waals surface area contributed by atoms with Gasteiger partial charge in [0.25, 0.3) is 11.6 Å². The number of anilines is 1. The first kappa shape index (κ1) is 21.4. The molecule has 0 unspecified atom stereocenters. The number of Topliss-reactive ketones (excluding diaryl/α,β-unsaturated/α-hetero) is 1. The summed E-state index contributed by atoms with van der Waals surface area (Å²) < 4.78 is 0. The molecule has 9 nitrogen and oxygen atoms in total. The lowest BCUT2D eigenvalue weighted by Gasteiger charge is -2.25. The molecule has 2 aromatic rings. The lowest BCUT2D eigenvalue weighted by molar-refractivity contribution is -0.385. The number of rotatable bonds is 8. The number of nitro benzene ring substituents is 1. The minimum Gasteiger partial charge on any atom is -0.381 e. The van der Waals surface area contributed by atoms with Crippen molar-refractivity contribution in [2.75, 3.05) is 18.4 Å².